The van der Waals surface area contributed by atoms with Crippen molar-refractivity contribution < 1.29 is 13.2 Å². The first-order valence-corrected chi connectivity index (χ1v) is 7.46. The Bertz CT molecular complexity index is 434. The third kappa shape index (κ3) is 4.45. The van der Waals surface area contributed by atoms with Crippen LogP contribution in [0.15, 0.2) is 24.3 Å². The van der Waals surface area contributed by atoms with Gasteiger partial charge in [-0.2, -0.15) is 13.2 Å². The Morgan fingerprint density at radius 2 is 1.76 bits per heavy atom. The molecule has 1 aliphatic rings. The summed E-state index contributed by atoms with van der Waals surface area (Å²) in [5.41, 5.74) is 0.371. The van der Waals surface area contributed by atoms with Gasteiger partial charge in [0.05, 0.1) is 5.56 Å². The Labute approximate surface area is 124 Å². The first-order valence-electron chi connectivity index (χ1n) is 7.46. The molecule has 0 radical (unpaired) electrons. The van der Waals surface area contributed by atoms with Gasteiger partial charge in [-0.15, -0.1) is 0 Å². The van der Waals surface area contributed by atoms with Crippen LogP contribution in [-0.2, 0) is 12.7 Å². The number of nitrogens with zero attached hydrogens (tertiary/aromatic N) is 1. The van der Waals surface area contributed by atoms with E-state index in [2.05, 4.69) is 17.1 Å². The zero-order valence-electron chi connectivity index (χ0n) is 12.6. The Hall–Kier alpha value is -1.07. The molecule has 1 heterocycles. The number of halogens is 3. The second-order valence-electron chi connectivity index (χ2n) is 5.89. The van der Waals surface area contributed by atoms with Crippen LogP contribution < -0.4 is 5.32 Å². The number of rotatable bonds is 4. The lowest BCUT2D eigenvalue weighted by molar-refractivity contribution is -0.137. The van der Waals surface area contributed by atoms with Crippen LogP contribution in [0.3, 0.4) is 0 Å². The first kappa shape index (κ1) is 16.3. The number of hydrogen-bond donors (Lipinski definition) is 1. The third-order valence-electron chi connectivity index (χ3n) is 4.48. The molecule has 1 aromatic rings. The van der Waals surface area contributed by atoms with E-state index in [1.54, 1.807) is 12.1 Å². The second kappa shape index (κ2) is 6.79. The zero-order chi connectivity index (χ0) is 15.5. The van der Waals surface area contributed by atoms with Crippen molar-refractivity contribution in [2.75, 3.05) is 20.1 Å². The molecule has 1 atom stereocenters. The standard InChI is InChI=1S/C16H23F3N2/c1-12(20-2)14-7-9-21(10-8-14)11-13-3-5-15(6-4-13)16(17,18)19/h3-6,12,14,20H,7-11H2,1-2H3. The number of piperidine rings is 1. The quantitative estimate of drug-likeness (QED) is 0.915. The summed E-state index contributed by atoms with van der Waals surface area (Å²) in [6, 6.07) is 6.05. The molecule has 1 fully saturated rings. The molecule has 0 bridgehead atoms. The lowest BCUT2D eigenvalue weighted by atomic mass is 9.90. The molecule has 2 nitrogen and oxygen atoms in total. The van der Waals surface area contributed by atoms with Gasteiger partial charge in [0.1, 0.15) is 0 Å². The molecular weight excluding hydrogens is 277 g/mol. The fourth-order valence-corrected chi connectivity index (χ4v) is 2.90. The highest BCUT2D eigenvalue weighted by atomic mass is 19.4. The maximum Gasteiger partial charge on any atom is 0.416 e. The molecular formula is C16H23F3N2. The smallest absolute Gasteiger partial charge is 0.317 e. The van der Waals surface area contributed by atoms with Crippen molar-refractivity contribution in [2.45, 2.75) is 38.5 Å². The van der Waals surface area contributed by atoms with Crippen LogP contribution in [0.1, 0.15) is 30.9 Å². The fraction of sp³-hybridized carbons (Fsp3) is 0.625. The summed E-state index contributed by atoms with van der Waals surface area (Å²) in [4.78, 5) is 2.32. The minimum absolute atomic E-state index is 0.526. The fourth-order valence-electron chi connectivity index (χ4n) is 2.90. The van der Waals surface area contributed by atoms with Crippen molar-refractivity contribution >= 4 is 0 Å². The molecule has 0 saturated carbocycles. The molecule has 1 aromatic carbocycles. The molecule has 118 valence electrons. The zero-order valence-corrected chi connectivity index (χ0v) is 12.6. The van der Waals surface area contributed by atoms with Gasteiger partial charge in [-0.25, -0.2) is 0 Å². The molecule has 1 N–H and O–H groups in total. The highest BCUT2D eigenvalue weighted by molar-refractivity contribution is 5.24. The molecule has 1 aliphatic heterocycles. The molecule has 2 rings (SSSR count). The minimum atomic E-state index is -4.25. The maximum atomic E-state index is 12.5. The molecule has 21 heavy (non-hydrogen) atoms. The Kier molecular flexibility index (Phi) is 5.27. The van der Waals surface area contributed by atoms with E-state index in [0.29, 0.717) is 12.0 Å². The van der Waals surface area contributed by atoms with Gasteiger partial charge in [0.25, 0.3) is 0 Å². The SMILES string of the molecule is CNC(C)C1CCN(Cc2ccc(C(F)(F)F)cc2)CC1. The number of alkyl halides is 3. The maximum absolute atomic E-state index is 12.5. The van der Waals surface area contributed by atoms with Crippen LogP contribution in [0.4, 0.5) is 13.2 Å². The molecule has 0 aliphatic carbocycles. The number of benzene rings is 1. The normalized spacial score (nSPS) is 19.7. The van der Waals surface area contributed by atoms with Gasteiger partial charge in [0, 0.05) is 12.6 Å². The number of nitrogens with one attached hydrogen (secondary N) is 1. The van der Waals surface area contributed by atoms with Crippen LogP contribution in [-0.4, -0.2) is 31.1 Å². The van der Waals surface area contributed by atoms with E-state index in [9.17, 15) is 13.2 Å². The monoisotopic (exact) mass is 300 g/mol. The van der Waals surface area contributed by atoms with Crippen LogP contribution in [0, 0.1) is 5.92 Å². The van der Waals surface area contributed by atoms with Crippen molar-refractivity contribution in [3.05, 3.63) is 35.4 Å². The molecule has 0 aromatic heterocycles. The number of likely N-dealkylation sites (tertiary alicyclic amines) is 1. The van der Waals surface area contributed by atoms with Crippen molar-refractivity contribution in [1.29, 1.82) is 0 Å². The predicted octanol–water partition coefficient (Wildman–Crippen LogP) is 3.53. The van der Waals surface area contributed by atoms with Gasteiger partial charge in [-0.1, -0.05) is 12.1 Å². The summed E-state index contributed by atoms with van der Waals surface area (Å²) in [6.07, 6.45) is -1.97. The summed E-state index contributed by atoms with van der Waals surface area (Å²) in [7, 11) is 1.99. The Morgan fingerprint density at radius 3 is 2.24 bits per heavy atom. The second-order valence-corrected chi connectivity index (χ2v) is 5.89. The lowest BCUT2D eigenvalue weighted by Crippen LogP contribution is -2.40. The van der Waals surface area contributed by atoms with E-state index >= 15 is 0 Å². The van der Waals surface area contributed by atoms with Gasteiger partial charge in [0.2, 0.25) is 0 Å². The average molecular weight is 300 g/mol. The first-order chi connectivity index (χ1) is 9.90. The topological polar surface area (TPSA) is 15.3 Å². The molecule has 0 amide bonds. The largest absolute Gasteiger partial charge is 0.416 e. The van der Waals surface area contributed by atoms with E-state index in [1.807, 2.05) is 7.05 Å². The summed E-state index contributed by atoms with van der Waals surface area (Å²) < 4.78 is 37.5. The van der Waals surface area contributed by atoms with Crippen LogP contribution >= 0.6 is 0 Å². The highest BCUT2D eigenvalue weighted by Crippen LogP contribution is 2.29. The molecule has 1 saturated heterocycles. The predicted molar refractivity (Wildman–Crippen MR) is 78.0 cm³/mol. The molecule has 5 heteroatoms. The summed E-state index contributed by atoms with van der Waals surface area (Å²) >= 11 is 0. The minimum Gasteiger partial charge on any atom is -0.317 e. The molecule has 1 unspecified atom stereocenters. The van der Waals surface area contributed by atoms with Gasteiger partial charge in [-0.05, 0) is 63.5 Å². The van der Waals surface area contributed by atoms with Gasteiger partial charge < -0.3 is 5.32 Å². The lowest BCUT2D eigenvalue weighted by Gasteiger charge is -2.34. The Morgan fingerprint density at radius 1 is 1.19 bits per heavy atom. The van der Waals surface area contributed by atoms with Gasteiger partial charge in [0.15, 0.2) is 0 Å². The van der Waals surface area contributed by atoms with Crippen molar-refractivity contribution in [2.24, 2.45) is 5.92 Å². The van der Waals surface area contributed by atoms with E-state index < -0.39 is 11.7 Å². The van der Waals surface area contributed by atoms with Crippen molar-refractivity contribution in [1.82, 2.24) is 10.2 Å². The van der Waals surface area contributed by atoms with E-state index in [-0.39, 0.29) is 0 Å². The summed E-state index contributed by atoms with van der Waals surface area (Å²) in [6.45, 7) is 4.96. The average Bonchev–Trinajstić information content (AvgIpc) is 2.47. The third-order valence-corrected chi connectivity index (χ3v) is 4.48. The van der Waals surface area contributed by atoms with Crippen LogP contribution in [0.25, 0.3) is 0 Å². The highest BCUT2D eigenvalue weighted by Gasteiger charge is 2.30. The van der Waals surface area contributed by atoms with Crippen molar-refractivity contribution in [3.8, 4) is 0 Å². The van der Waals surface area contributed by atoms with E-state index in [0.717, 1.165) is 38.0 Å². The molecule has 0 spiro atoms. The van der Waals surface area contributed by atoms with Gasteiger partial charge >= 0.3 is 6.18 Å². The van der Waals surface area contributed by atoms with Gasteiger partial charge in [-0.3, -0.25) is 4.90 Å². The summed E-state index contributed by atoms with van der Waals surface area (Å²) in [5, 5.41) is 3.29. The number of hydrogen-bond acceptors (Lipinski definition) is 2. The Balaban J connectivity index is 1.86. The summed E-state index contributed by atoms with van der Waals surface area (Å²) in [5.74, 6) is 0.693. The van der Waals surface area contributed by atoms with E-state index in [1.165, 1.54) is 12.1 Å². The van der Waals surface area contributed by atoms with Crippen LogP contribution in [0.2, 0.25) is 0 Å². The van der Waals surface area contributed by atoms with Crippen LogP contribution in [0.5, 0.6) is 0 Å². The van der Waals surface area contributed by atoms with E-state index in [4.69, 9.17) is 0 Å². The van der Waals surface area contributed by atoms with Crippen molar-refractivity contribution in [3.63, 3.8) is 0 Å².